The highest BCUT2D eigenvalue weighted by Gasteiger charge is 2.16. The highest BCUT2D eigenvalue weighted by Crippen LogP contribution is 2.34. The fourth-order valence-corrected chi connectivity index (χ4v) is 2.45. The number of fused-ring (bicyclic) bond motifs is 1. The van der Waals surface area contributed by atoms with E-state index in [1.54, 1.807) is 42.5 Å². The van der Waals surface area contributed by atoms with Crippen LogP contribution in [-0.2, 0) is 0 Å². The number of hydrogen-bond donors (Lipinski definition) is 2. The fraction of sp³-hybridized carbons (Fsp3) is 0.0556. The zero-order valence-electron chi connectivity index (χ0n) is 11.6. The molecule has 0 unspecified atom stereocenters. The molecule has 3 N–H and O–H groups in total. The van der Waals surface area contributed by atoms with E-state index in [-0.39, 0.29) is 17.1 Å². The zero-order valence-corrected chi connectivity index (χ0v) is 11.6. The molecular formula is C18H15NO2. The Labute approximate surface area is 122 Å². The van der Waals surface area contributed by atoms with Gasteiger partial charge in [-0.3, -0.25) is 4.79 Å². The lowest BCUT2D eigenvalue weighted by Crippen LogP contribution is -2.02. The van der Waals surface area contributed by atoms with Crippen molar-refractivity contribution in [2.24, 2.45) is 0 Å². The van der Waals surface area contributed by atoms with Crippen LogP contribution in [0.3, 0.4) is 0 Å². The molecule has 3 aromatic carbocycles. The van der Waals surface area contributed by atoms with Gasteiger partial charge in [-0.25, -0.2) is 0 Å². The first-order valence-corrected chi connectivity index (χ1v) is 6.70. The summed E-state index contributed by atoms with van der Waals surface area (Å²) in [4.78, 5) is 12.5. The largest absolute Gasteiger partial charge is 0.507 e. The van der Waals surface area contributed by atoms with Crippen LogP contribution in [0.1, 0.15) is 21.5 Å². The van der Waals surface area contributed by atoms with Gasteiger partial charge in [0.1, 0.15) is 5.75 Å². The van der Waals surface area contributed by atoms with Gasteiger partial charge in [0.25, 0.3) is 0 Å². The van der Waals surface area contributed by atoms with E-state index in [2.05, 4.69) is 0 Å². The zero-order chi connectivity index (χ0) is 15.0. The number of aromatic hydroxyl groups is 1. The van der Waals surface area contributed by atoms with Crippen molar-refractivity contribution in [1.82, 2.24) is 0 Å². The van der Waals surface area contributed by atoms with Gasteiger partial charge in [0, 0.05) is 22.0 Å². The molecule has 0 saturated carbocycles. The number of aryl methyl sites for hydroxylation is 1. The summed E-state index contributed by atoms with van der Waals surface area (Å²) in [7, 11) is 0. The molecule has 3 heteroatoms. The first kappa shape index (κ1) is 13.2. The van der Waals surface area contributed by atoms with Gasteiger partial charge in [0.15, 0.2) is 5.78 Å². The summed E-state index contributed by atoms with van der Waals surface area (Å²) < 4.78 is 0. The predicted molar refractivity (Wildman–Crippen MR) is 84.6 cm³/mol. The maximum atomic E-state index is 12.5. The lowest BCUT2D eigenvalue weighted by molar-refractivity contribution is 0.103. The summed E-state index contributed by atoms with van der Waals surface area (Å²) in [5.41, 5.74) is 8.44. The van der Waals surface area contributed by atoms with E-state index < -0.39 is 0 Å². The molecule has 104 valence electrons. The van der Waals surface area contributed by atoms with Gasteiger partial charge in [0.2, 0.25) is 0 Å². The lowest BCUT2D eigenvalue weighted by Gasteiger charge is -2.10. The molecule has 0 aliphatic heterocycles. The van der Waals surface area contributed by atoms with Crippen molar-refractivity contribution in [3.05, 3.63) is 71.3 Å². The third-order valence-corrected chi connectivity index (χ3v) is 3.71. The molecule has 21 heavy (non-hydrogen) atoms. The molecule has 0 spiro atoms. The van der Waals surface area contributed by atoms with Crippen molar-refractivity contribution < 1.29 is 9.90 Å². The summed E-state index contributed by atoms with van der Waals surface area (Å²) in [6.45, 7) is 1.91. The molecule has 0 saturated heterocycles. The summed E-state index contributed by atoms with van der Waals surface area (Å²) in [5.74, 6) is -0.220. The van der Waals surface area contributed by atoms with Crippen LogP contribution in [0.15, 0.2) is 54.6 Å². The topological polar surface area (TPSA) is 63.3 Å². The van der Waals surface area contributed by atoms with E-state index in [0.717, 1.165) is 10.9 Å². The smallest absolute Gasteiger partial charge is 0.196 e. The molecule has 0 aromatic heterocycles. The van der Waals surface area contributed by atoms with Crippen LogP contribution in [0.4, 0.5) is 5.69 Å². The number of hydrogen-bond acceptors (Lipinski definition) is 3. The molecule has 0 aliphatic rings. The fourth-order valence-electron chi connectivity index (χ4n) is 2.45. The number of carbonyl (C=O) groups is 1. The van der Waals surface area contributed by atoms with Gasteiger partial charge in [-0.2, -0.15) is 0 Å². The van der Waals surface area contributed by atoms with Crippen molar-refractivity contribution in [2.45, 2.75) is 6.92 Å². The Morgan fingerprint density at radius 3 is 2.33 bits per heavy atom. The number of benzene rings is 3. The molecule has 0 amide bonds. The van der Waals surface area contributed by atoms with Crippen LogP contribution >= 0.6 is 0 Å². The number of rotatable bonds is 2. The molecule has 3 aromatic rings. The number of nitrogen functional groups attached to an aromatic ring is 1. The first-order valence-electron chi connectivity index (χ1n) is 6.70. The van der Waals surface area contributed by atoms with E-state index >= 15 is 0 Å². The third-order valence-electron chi connectivity index (χ3n) is 3.71. The average molecular weight is 277 g/mol. The molecular weight excluding hydrogens is 262 g/mol. The third kappa shape index (κ3) is 2.13. The molecule has 3 nitrogen and oxygen atoms in total. The Morgan fingerprint density at radius 2 is 1.62 bits per heavy atom. The monoisotopic (exact) mass is 277 g/mol. The Morgan fingerprint density at radius 1 is 0.952 bits per heavy atom. The van der Waals surface area contributed by atoms with Crippen LogP contribution in [-0.4, -0.2) is 10.9 Å². The minimum Gasteiger partial charge on any atom is -0.507 e. The molecule has 3 rings (SSSR count). The predicted octanol–water partition coefficient (Wildman–Crippen LogP) is 3.67. The number of carbonyl (C=O) groups excluding carboxylic acids is 1. The second kappa shape index (κ2) is 4.94. The number of nitrogens with two attached hydrogens (primary N) is 1. The summed E-state index contributed by atoms with van der Waals surface area (Å²) >= 11 is 0. The Bertz CT molecular complexity index is 839. The quantitative estimate of drug-likeness (QED) is 0.555. The number of phenolic OH excluding ortho intramolecular Hbond substituents is 1. The maximum Gasteiger partial charge on any atom is 0.196 e. The molecule has 0 bridgehead atoms. The van der Waals surface area contributed by atoms with Gasteiger partial charge in [-0.15, -0.1) is 0 Å². The van der Waals surface area contributed by atoms with Crippen LogP contribution in [0.2, 0.25) is 0 Å². The van der Waals surface area contributed by atoms with Crippen LogP contribution in [0.25, 0.3) is 10.8 Å². The normalized spacial score (nSPS) is 10.7. The molecule has 0 heterocycles. The number of phenols is 1. The van der Waals surface area contributed by atoms with Crippen LogP contribution in [0, 0.1) is 6.92 Å². The summed E-state index contributed by atoms with van der Waals surface area (Å²) in [6.07, 6.45) is 0. The van der Waals surface area contributed by atoms with Crippen molar-refractivity contribution in [1.29, 1.82) is 0 Å². The van der Waals surface area contributed by atoms with E-state index in [1.807, 2.05) is 19.1 Å². The summed E-state index contributed by atoms with van der Waals surface area (Å²) in [5, 5.41) is 11.8. The van der Waals surface area contributed by atoms with Crippen molar-refractivity contribution in [3.8, 4) is 5.75 Å². The van der Waals surface area contributed by atoms with Gasteiger partial charge in [-0.05, 0) is 18.6 Å². The minimum atomic E-state index is -0.200. The maximum absolute atomic E-state index is 12.5. The van der Waals surface area contributed by atoms with Crippen molar-refractivity contribution in [2.75, 3.05) is 5.73 Å². The second-order valence-electron chi connectivity index (χ2n) is 5.05. The SMILES string of the molecule is Cc1ccc2c(O)c(C(=O)c3ccccc3)ccc2c1N. The van der Waals surface area contributed by atoms with E-state index in [9.17, 15) is 9.90 Å². The van der Waals surface area contributed by atoms with Gasteiger partial charge in [-0.1, -0.05) is 48.5 Å². The summed E-state index contributed by atoms with van der Waals surface area (Å²) in [6, 6.07) is 16.0. The van der Waals surface area contributed by atoms with Gasteiger partial charge in [0.05, 0.1) is 5.56 Å². The highest BCUT2D eigenvalue weighted by atomic mass is 16.3. The van der Waals surface area contributed by atoms with Crippen molar-refractivity contribution >= 4 is 22.2 Å². The molecule has 0 atom stereocenters. The highest BCUT2D eigenvalue weighted by molar-refractivity contribution is 6.14. The average Bonchev–Trinajstić information content (AvgIpc) is 2.52. The number of ketones is 1. The van der Waals surface area contributed by atoms with E-state index in [4.69, 9.17) is 5.73 Å². The van der Waals surface area contributed by atoms with Crippen LogP contribution < -0.4 is 5.73 Å². The second-order valence-corrected chi connectivity index (χ2v) is 5.05. The Balaban J connectivity index is 2.20. The molecule has 0 fully saturated rings. The Kier molecular flexibility index (Phi) is 3.10. The number of anilines is 1. The Hall–Kier alpha value is -2.81. The lowest BCUT2D eigenvalue weighted by atomic mass is 9.97. The van der Waals surface area contributed by atoms with Crippen LogP contribution in [0.5, 0.6) is 5.75 Å². The minimum absolute atomic E-state index is 0.0203. The van der Waals surface area contributed by atoms with E-state index in [1.165, 1.54) is 0 Å². The van der Waals surface area contributed by atoms with Gasteiger partial charge < -0.3 is 10.8 Å². The first-order chi connectivity index (χ1) is 10.1. The van der Waals surface area contributed by atoms with E-state index in [0.29, 0.717) is 16.6 Å². The van der Waals surface area contributed by atoms with Crippen molar-refractivity contribution in [3.63, 3.8) is 0 Å². The standard InChI is InChI=1S/C18H15NO2/c1-11-7-8-14-13(16(11)19)9-10-15(18(14)21)17(20)12-5-3-2-4-6-12/h2-10,21H,19H2,1H3. The molecule has 0 aliphatic carbocycles. The van der Waals surface area contributed by atoms with Gasteiger partial charge >= 0.3 is 0 Å². The molecule has 0 radical (unpaired) electrons.